The fraction of sp³-hybridized carbons (Fsp3) is 0.625. The molecule has 1 unspecified atom stereocenters. The van der Waals surface area contributed by atoms with Crippen molar-refractivity contribution in [3.63, 3.8) is 0 Å². The van der Waals surface area contributed by atoms with E-state index in [4.69, 9.17) is 9.73 Å². The first-order chi connectivity index (χ1) is 15.5. The molecule has 0 fully saturated rings. The molecule has 4 rings (SSSR count). The van der Waals surface area contributed by atoms with E-state index in [-0.39, 0.29) is 35.6 Å². The van der Waals surface area contributed by atoms with Crippen LogP contribution in [0.15, 0.2) is 29.3 Å². The molecule has 2 aliphatic rings. The molecule has 1 aromatic heterocycles. The van der Waals surface area contributed by atoms with Crippen molar-refractivity contribution in [1.82, 2.24) is 30.3 Å². The molecule has 0 aliphatic carbocycles. The Hall–Kier alpha value is -1.72. The highest BCUT2D eigenvalue weighted by molar-refractivity contribution is 14.0. The van der Waals surface area contributed by atoms with E-state index in [1.54, 1.807) is 7.11 Å². The summed E-state index contributed by atoms with van der Waals surface area (Å²) in [7, 11) is 1.67. The van der Waals surface area contributed by atoms with Crippen LogP contribution in [0.3, 0.4) is 0 Å². The molecular formula is C24H38IN7O. The van der Waals surface area contributed by atoms with Gasteiger partial charge < -0.3 is 15.4 Å². The molecule has 0 bridgehead atoms. The highest BCUT2D eigenvalue weighted by Crippen LogP contribution is 2.25. The molecule has 0 radical (unpaired) electrons. The van der Waals surface area contributed by atoms with E-state index in [0.717, 1.165) is 69.6 Å². The lowest BCUT2D eigenvalue weighted by atomic mass is 9.94. The van der Waals surface area contributed by atoms with Gasteiger partial charge in [-0.05, 0) is 44.7 Å². The molecule has 33 heavy (non-hydrogen) atoms. The van der Waals surface area contributed by atoms with E-state index in [9.17, 15) is 0 Å². The van der Waals surface area contributed by atoms with Gasteiger partial charge in [-0.15, -0.1) is 24.0 Å². The highest BCUT2D eigenvalue weighted by atomic mass is 127. The Balaban J connectivity index is 0.00000306. The number of aromatic nitrogens is 3. The number of guanidine groups is 1. The SMILES string of the molecule is CCNC(=NCC(C)(C)N1CCc2ccccc2C1)NC1CCc2nc(COC)nn2C1.I. The Kier molecular flexibility index (Phi) is 9.11. The first-order valence-corrected chi connectivity index (χ1v) is 11.8. The van der Waals surface area contributed by atoms with Crippen LogP contribution in [-0.2, 0) is 37.3 Å². The van der Waals surface area contributed by atoms with E-state index >= 15 is 0 Å². The van der Waals surface area contributed by atoms with Gasteiger partial charge in [-0.1, -0.05) is 24.3 Å². The predicted octanol–water partition coefficient (Wildman–Crippen LogP) is 2.75. The second kappa shape index (κ2) is 11.6. The minimum atomic E-state index is -0.0173. The van der Waals surface area contributed by atoms with Crippen molar-refractivity contribution in [2.75, 3.05) is 26.7 Å². The van der Waals surface area contributed by atoms with E-state index in [2.05, 4.69) is 70.7 Å². The number of rotatable bonds is 7. The summed E-state index contributed by atoms with van der Waals surface area (Å²) in [6, 6.07) is 9.08. The fourth-order valence-electron chi connectivity index (χ4n) is 4.57. The zero-order valence-corrected chi connectivity index (χ0v) is 22.6. The third-order valence-electron chi connectivity index (χ3n) is 6.47. The average molecular weight is 568 g/mol. The number of aliphatic imine (C=N–C) groups is 1. The highest BCUT2D eigenvalue weighted by Gasteiger charge is 2.30. The maximum atomic E-state index is 5.18. The van der Waals surface area contributed by atoms with Crippen LogP contribution < -0.4 is 10.6 Å². The van der Waals surface area contributed by atoms with Gasteiger partial charge in [-0.2, -0.15) is 5.10 Å². The number of nitrogens with one attached hydrogen (secondary N) is 2. The first-order valence-electron chi connectivity index (χ1n) is 11.8. The summed E-state index contributed by atoms with van der Waals surface area (Å²) < 4.78 is 7.18. The van der Waals surface area contributed by atoms with Gasteiger partial charge in [0.2, 0.25) is 0 Å². The minimum absolute atomic E-state index is 0. The number of ether oxygens (including phenoxy) is 1. The van der Waals surface area contributed by atoms with Crippen LogP contribution in [0.1, 0.15) is 50.0 Å². The number of hydrogen-bond acceptors (Lipinski definition) is 5. The Morgan fingerprint density at radius 1 is 1.24 bits per heavy atom. The third-order valence-corrected chi connectivity index (χ3v) is 6.47. The average Bonchev–Trinajstić information content (AvgIpc) is 3.19. The molecule has 0 saturated carbocycles. The summed E-state index contributed by atoms with van der Waals surface area (Å²) in [5.41, 5.74) is 2.91. The molecule has 8 nitrogen and oxygen atoms in total. The molecule has 3 heterocycles. The molecule has 0 amide bonds. The van der Waals surface area contributed by atoms with Crippen molar-refractivity contribution in [2.45, 2.75) is 71.3 Å². The summed E-state index contributed by atoms with van der Waals surface area (Å²) in [4.78, 5) is 12.1. The van der Waals surface area contributed by atoms with Gasteiger partial charge in [-0.25, -0.2) is 9.67 Å². The zero-order chi connectivity index (χ0) is 22.6. The first kappa shape index (κ1) is 25.9. The monoisotopic (exact) mass is 567 g/mol. The lowest BCUT2D eigenvalue weighted by molar-refractivity contribution is 0.111. The van der Waals surface area contributed by atoms with Gasteiger partial charge in [0.25, 0.3) is 0 Å². The van der Waals surface area contributed by atoms with Gasteiger partial charge in [0.05, 0.1) is 13.1 Å². The molecule has 1 aromatic carbocycles. The predicted molar refractivity (Wildman–Crippen MR) is 142 cm³/mol. The molecule has 182 valence electrons. The molecular weight excluding hydrogens is 529 g/mol. The summed E-state index contributed by atoms with van der Waals surface area (Å²) in [5, 5.41) is 11.6. The van der Waals surface area contributed by atoms with Gasteiger partial charge in [-0.3, -0.25) is 9.89 Å². The van der Waals surface area contributed by atoms with Crippen LogP contribution in [0.5, 0.6) is 0 Å². The smallest absolute Gasteiger partial charge is 0.191 e. The van der Waals surface area contributed by atoms with E-state index in [0.29, 0.717) is 6.61 Å². The Labute approximate surface area is 214 Å². The number of methoxy groups -OCH3 is 1. The molecule has 2 aromatic rings. The number of halogens is 1. The lowest BCUT2D eigenvalue weighted by Crippen LogP contribution is -2.51. The largest absolute Gasteiger partial charge is 0.377 e. The quantitative estimate of drug-likeness (QED) is 0.305. The van der Waals surface area contributed by atoms with Crippen LogP contribution in [0.25, 0.3) is 0 Å². The summed E-state index contributed by atoms with van der Waals surface area (Å²) in [6.07, 6.45) is 3.03. The summed E-state index contributed by atoms with van der Waals surface area (Å²) >= 11 is 0. The third kappa shape index (κ3) is 6.45. The number of aryl methyl sites for hydroxylation is 1. The number of benzene rings is 1. The summed E-state index contributed by atoms with van der Waals surface area (Å²) in [6.45, 7) is 11.6. The van der Waals surface area contributed by atoms with Crippen molar-refractivity contribution in [2.24, 2.45) is 4.99 Å². The topological polar surface area (TPSA) is 79.6 Å². The zero-order valence-electron chi connectivity index (χ0n) is 20.3. The van der Waals surface area contributed by atoms with Gasteiger partial charge >= 0.3 is 0 Å². The van der Waals surface area contributed by atoms with Crippen molar-refractivity contribution < 1.29 is 4.74 Å². The van der Waals surface area contributed by atoms with E-state index in [1.807, 2.05) is 4.68 Å². The van der Waals surface area contributed by atoms with Crippen LogP contribution >= 0.6 is 24.0 Å². The van der Waals surface area contributed by atoms with Crippen molar-refractivity contribution >= 4 is 29.9 Å². The van der Waals surface area contributed by atoms with E-state index in [1.165, 1.54) is 11.1 Å². The second-order valence-corrected chi connectivity index (χ2v) is 9.39. The van der Waals surface area contributed by atoms with Gasteiger partial charge in [0, 0.05) is 44.7 Å². The lowest BCUT2D eigenvalue weighted by Gasteiger charge is -2.41. The van der Waals surface area contributed by atoms with Gasteiger partial charge in [0.1, 0.15) is 12.4 Å². The molecule has 2 N–H and O–H groups in total. The maximum Gasteiger partial charge on any atom is 0.191 e. The summed E-state index contributed by atoms with van der Waals surface area (Å²) in [5.74, 6) is 2.68. The van der Waals surface area contributed by atoms with Crippen LogP contribution in [0.2, 0.25) is 0 Å². The fourth-order valence-corrected chi connectivity index (χ4v) is 4.57. The van der Waals surface area contributed by atoms with Crippen molar-refractivity contribution in [3.05, 3.63) is 47.0 Å². The minimum Gasteiger partial charge on any atom is -0.377 e. The maximum absolute atomic E-state index is 5.18. The van der Waals surface area contributed by atoms with E-state index < -0.39 is 0 Å². The normalized spacial score (nSPS) is 18.8. The second-order valence-electron chi connectivity index (χ2n) is 9.39. The molecule has 1 atom stereocenters. The van der Waals surface area contributed by atoms with Crippen LogP contribution in [0.4, 0.5) is 0 Å². The van der Waals surface area contributed by atoms with Crippen LogP contribution in [-0.4, -0.2) is 63.9 Å². The Bertz CT molecular complexity index is 943. The standard InChI is InChI=1S/C24H37N7O.HI/c1-5-25-23(27-20-10-11-22-28-21(16-32-4)29-31(22)15-20)26-17-24(2,3)30-13-12-18-8-6-7-9-19(18)14-30;/h6-9,20H,5,10-17H2,1-4H3,(H2,25,26,27);1H. The number of nitrogens with zero attached hydrogens (tertiary/aromatic N) is 5. The Morgan fingerprint density at radius 2 is 2.03 bits per heavy atom. The van der Waals surface area contributed by atoms with Gasteiger partial charge in [0.15, 0.2) is 11.8 Å². The van der Waals surface area contributed by atoms with Crippen molar-refractivity contribution in [3.8, 4) is 0 Å². The molecule has 2 aliphatic heterocycles. The molecule has 9 heteroatoms. The van der Waals surface area contributed by atoms with Crippen molar-refractivity contribution in [1.29, 1.82) is 0 Å². The van der Waals surface area contributed by atoms with Crippen LogP contribution in [0, 0.1) is 0 Å². The Morgan fingerprint density at radius 3 is 2.79 bits per heavy atom. The molecule has 0 saturated heterocycles. The number of hydrogen-bond donors (Lipinski definition) is 2. The molecule has 0 spiro atoms. The number of fused-ring (bicyclic) bond motifs is 2.